The van der Waals surface area contributed by atoms with Crippen molar-refractivity contribution in [3.63, 3.8) is 0 Å². The third kappa shape index (κ3) is 2.21. The largest absolute Gasteiger partial charge is 0.349 e. The first-order chi connectivity index (χ1) is 5.61. The Morgan fingerprint density at radius 2 is 2.25 bits per heavy atom. The van der Waals surface area contributed by atoms with Gasteiger partial charge >= 0.3 is 0 Å². The molecule has 3 nitrogen and oxygen atoms in total. The molecule has 1 atom stereocenters. The van der Waals surface area contributed by atoms with Crippen molar-refractivity contribution in [2.45, 2.75) is 38.6 Å². The van der Waals surface area contributed by atoms with Crippen molar-refractivity contribution in [1.82, 2.24) is 5.32 Å². The van der Waals surface area contributed by atoms with Gasteiger partial charge in [0, 0.05) is 18.0 Å². The number of nitrogens with two attached hydrogens (primary N) is 1. The molecular formula is C9H18N2O. The smallest absolute Gasteiger partial charge is 0.223 e. The number of amides is 1. The lowest BCUT2D eigenvalue weighted by atomic mass is 9.99. The molecule has 1 fully saturated rings. The molecule has 12 heavy (non-hydrogen) atoms. The van der Waals surface area contributed by atoms with Gasteiger partial charge in [-0.1, -0.05) is 6.92 Å². The van der Waals surface area contributed by atoms with E-state index >= 15 is 0 Å². The molecule has 0 aromatic rings. The van der Waals surface area contributed by atoms with Crippen LogP contribution in [-0.4, -0.2) is 18.0 Å². The molecule has 0 aromatic carbocycles. The number of nitrogens with one attached hydrogen (secondary N) is 1. The molecular weight excluding hydrogens is 152 g/mol. The SMILES string of the molecule is CCC(C)(CN)NC(=O)C1CC1. The number of carbonyl (C=O) groups is 1. The van der Waals surface area contributed by atoms with Gasteiger partial charge in [-0.05, 0) is 26.2 Å². The van der Waals surface area contributed by atoms with Crippen LogP contribution in [-0.2, 0) is 4.79 Å². The van der Waals surface area contributed by atoms with Gasteiger partial charge in [0.15, 0.2) is 0 Å². The molecule has 1 aliphatic carbocycles. The van der Waals surface area contributed by atoms with Gasteiger partial charge in [0.1, 0.15) is 0 Å². The van der Waals surface area contributed by atoms with E-state index in [0.29, 0.717) is 6.54 Å². The highest BCUT2D eigenvalue weighted by Gasteiger charge is 2.33. The summed E-state index contributed by atoms with van der Waals surface area (Å²) in [4.78, 5) is 11.4. The van der Waals surface area contributed by atoms with Crippen molar-refractivity contribution in [2.24, 2.45) is 11.7 Å². The zero-order valence-corrected chi connectivity index (χ0v) is 7.89. The van der Waals surface area contributed by atoms with Crippen LogP contribution in [0.15, 0.2) is 0 Å². The van der Waals surface area contributed by atoms with Gasteiger partial charge in [0.2, 0.25) is 5.91 Å². The van der Waals surface area contributed by atoms with E-state index in [9.17, 15) is 4.79 Å². The number of carbonyl (C=O) groups excluding carboxylic acids is 1. The Bertz CT molecular complexity index is 171. The molecule has 0 radical (unpaired) electrons. The van der Waals surface area contributed by atoms with Crippen LogP contribution >= 0.6 is 0 Å². The van der Waals surface area contributed by atoms with Crippen LogP contribution in [0.2, 0.25) is 0 Å². The third-order valence-corrected chi connectivity index (χ3v) is 2.60. The molecule has 3 heteroatoms. The van der Waals surface area contributed by atoms with Gasteiger partial charge < -0.3 is 11.1 Å². The lowest BCUT2D eigenvalue weighted by molar-refractivity contribution is -0.124. The lowest BCUT2D eigenvalue weighted by Crippen LogP contribution is -2.51. The summed E-state index contributed by atoms with van der Waals surface area (Å²) < 4.78 is 0. The normalized spacial score (nSPS) is 21.6. The molecule has 1 rings (SSSR count). The van der Waals surface area contributed by atoms with Crippen LogP contribution in [0.5, 0.6) is 0 Å². The maximum absolute atomic E-state index is 11.4. The second-order valence-corrected chi connectivity index (χ2v) is 3.88. The van der Waals surface area contributed by atoms with Crippen molar-refractivity contribution in [2.75, 3.05) is 6.54 Å². The molecule has 0 spiro atoms. The Morgan fingerprint density at radius 1 is 1.67 bits per heavy atom. The highest BCUT2D eigenvalue weighted by atomic mass is 16.2. The van der Waals surface area contributed by atoms with E-state index in [1.165, 1.54) is 0 Å². The summed E-state index contributed by atoms with van der Waals surface area (Å²) in [5.41, 5.74) is 5.38. The summed E-state index contributed by atoms with van der Waals surface area (Å²) in [5, 5.41) is 2.99. The Balaban J connectivity index is 2.40. The summed E-state index contributed by atoms with van der Waals surface area (Å²) in [5.74, 6) is 0.465. The van der Waals surface area contributed by atoms with E-state index in [2.05, 4.69) is 5.32 Å². The van der Waals surface area contributed by atoms with Crippen molar-refractivity contribution in [1.29, 1.82) is 0 Å². The van der Waals surface area contributed by atoms with Crippen molar-refractivity contribution < 1.29 is 4.79 Å². The van der Waals surface area contributed by atoms with Crippen LogP contribution in [0.25, 0.3) is 0 Å². The van der Waals surface area contributed by atoms with E-state index in [-0.39, 0.29) is 17.4 Å². The Hall–Kier alpha value is -0.570. The van der Waals surface area contributed by atoms with Gasteiger partial charge in [0.25, 0.3) is 0 Å². The Labute approximate surface area is 73.7 Å². The van der Waals surface area contributed by atoms with Gasteiger partial charge in [-0.2, -0.15) is 0 Å². The fourth-order valence-corrected chi connectivity index (χ4v) is 1.03. The van der Waals surface area contributed by atoms with Gasteiger partial charge in [0.05, 0.1) is 0 Å². The fourth-order valence-electron chi connectivity index (χ4n) is 1.03. The maximum Gasteiger partial charge on any atom is 0.223 e. The zero-order chi connectivity index (χ0) is 9.19. The zero-order valence-electron chi connectivity index (χ0n) is 7.89. The first-order valence-electron chi connectivity index (χ1n) is 4.63. The monoisotopic (exact) mass is 170 g/mol. The maximum atomic E-state index is 11.4. The summed E-state index contributed by atoms with van der Waals surface area (Å²) in [6.45, 7) is 4.55. The number of hydrogen-bond acceptors (Lipinski definition) is 2. The topological polar surface area (TPSA) is 55.1 Å². The second kappa shape index (κ2) is 3.44. The molecule has 1 unspecified atom stereocenters. The summed E-state index contributed by atoms with van der Waals surface area (Å²) in [6, 6.07) is 0. The lowest BCUT2D eigenvalue weighted by Gasteiger charge is -2.27. The predicted octanol–water partition coefficient (Wildman–Crippen LogP) is 0.640. The summed E-state index contributed by atoms with van der Waals surface area (Å²) in [6.07, 6.45) is 2.99. The van der Waals surface area contributed by atoms with E-state index in [1.54, 1.807) is 0 Å². The van der Waals surface area contributed by atoms with E-state index in [0.717, 1.165) is 19.3 Å². The second-order valence-electron chi connectivity index (χ2n) is 3.88. The molecule has 0 saturated heterocycles. The fraction of sp³-hybridized carbons (Fsp3) is 0.889. The minimum absolute atomic E-state index is 0.185. The van der Waals surface area contributed by atoms with Gasteiger partial charge in [-0.25, -0.2) is 0 Å². The Morgan fingerprint density at radius 3 is 2.58 bits per heavy atom. The molecule has 1 amide bonds. The van der Waals surface area contributed by atoms with Gasteiger partial charge in [-0.3, -0.25) is 4.79 Å². The highest BCUT2D eigenvalue weighted by molar-refractivity contribution is 5.81. The molecule has 0 aliphatic heterocycles. The number of rotatable bonds is 4. The van der Waals surface area contributed by atoms with E-state index in [4.69, 9.17) is 5.73 Å². The van der Waals surface area contributed by atoms with Crippen LogP contribution in [0.4, 0.5) is 0 Å². The summed E-state index contributed by atoms with van der Waals surface area (Å²) in [7, 11) is 0. The highest BCUT2D eigenvalue weighted by Crippen LogP contribution is 2.29. The molecule has 0 heterocycles. The van der Waals surface area contributed by atoms with Crippen LogP contribution < -0.4 is 11.1 Å². The Kier molecular flexibility index (Phi) is 2.73. The average molecular weight is 170 g/mol. The van der Waals surface area contributed by atoms with Crippen LogP contribution in [0.1, 0.15) is 33.1 Å². The number of hydrogen-bond donors (Lipinski definition) is 2. The predicted molar refractivity (Wildman–Crippen MR) is 48.6 cm³/mol. The van der Waals surface area contributed by atoms with Crippen LogP contribution in [0, 0.1) is 5.92 Å². The van der Waals surface area contributed by atoms with Crippen molar-refractivity contribution in [3.05, 3.63) is 0 Å². The van der Waals surface area contributed by atoms with E-state index in [1.807, 2.05) is 13.8 Å². The molecule has 0 bridgehead atoms. The van der Waals surface area contributed by atoms with Crippen molar-refractivity contribution in [3.8, 4) is 0 Å². The third-order valence-electron chi connectivity index (χ3n) is 2.60. The average Bonchev–Trinajstić information content (AvgIpc) is 2.86. The van der Waals surface area contributed by atoms with E-state index < -0.39 is 0 Å². The molecule has 1 saturated carbocycles. The molecule has 3 N–H and O–H groups in total. The minimum Gasteiger partial charge on any atom is -0.349 e. The minimum atomic E-state index is -0.195. The molecule has 0 aromatic heterocycles. The summed E-state index contributed by atoms with van der Waals surface area (Å²) >= 11 is 0. The van der Waals surface area contributed by atoms with Gasteiger partial charge in [-0.15, -0.1) is 0 Å². The standard InChI is InChI=1S/C9H18N2O/c1-3-9(2,6-10)11-8(12)7-4-5-7/h7H,3-6,10H2,1-2H3,(H,11,12). The first-order valence-corrected chi connectivity index (χ1v) is 4.63. The van der Waals surface area contributed by atoms with Crippen LogP contribution in [0.3, 0.4) is 0 Å². The molecule has 70 valence electrons. The van der Waals surface area contributed by atoms with Crippen molar-refractivity contribution >= 4 is 5.91 Å². The molecule has 1 aliphatic rings. The quantitative estimate of drug-likeness (QED) is 0.650. The first kappa shape index (κ1) is 9.52.